The maximum atomic E-state index is 12.2. The van der Waals surface area contributed by atoms with Crippen LogP contribution in [0, 0.1) is 0 Å². The minimum absolute atomic E-state index is 0.310. The number of benzene rings is 2. The number of halogens is 2. The molecule has 2 aromatic carbocycles. The van der Waals surface area contributed by atoms with Crippen molar-refractivity contribution in [3.8, 4) is 11.5 Å². The summed E-state index contributed by atoms with van der Waals surface area (Å²) in [6.07, 6.45) is -0.733. The Balaban J connectivity index is 2.06. The van der Waals surface area contributed by atoms with E-state index in [-0.39, 0.29) is 5.91 Å². The van der Waals surface area contributed by atoms with Crippen molar-refractivity contribution in [2.45, 2.75) is 13.0 Å². The summed E-state index contributed by atoms with van der Waals surface area (Å²) in [6, 6.07) is 12.0. The number of hydrogen-bond donors (Lipinski definition) is 1. The molecular formula is C16H15Cl2NO3. The highest BCUT2D eigenvalue weighted by molar-refractivity contribution is 6.35. The fraction of sp³-hybridized carbons (Fsp3) is 0.188. The van der Waals surface area contributed by atoms with E-state index in [0.29, 0.717) is 27.2 Å². The quantitative estimate of drug-likeness (QED) is 0.877. The molecule has 0 spiro atoms. The molecule has 22 heavy (non-hydrogen) atoms. The summed E-state index contributed by atoms with van der Waals surface area (Å²) in [4.78, 5) is 12.2. The number of carbonyl (C=O) groups excluding carboxylic acids is 1. The Morgan fingerprint density at radius 3 is 2.55 bits per heavy atom. The molecule has 0 aliphatic heterocycles. The molecule has 0 aliphatic carbocycles. The van der Waals surface area contributed by atoms with Gasteiger partial charge in [-0.25, -0.2) is 0 Å². The van der Waals surface area contributed by atoms with Gasteiger partial charge in [0.1, 0.15) is 11.5 Å². The van der Waals surface area contributed by atoms with Crippen LogP contribution in [0.2, 0.25) is 10.0 Å². The van der Waals surface area contributed by atoms with E-state index < -0.39 is 6.10 Å². The Bertz CT molecular complexity index is 676. The van der Waals surface area contributed by atoms with Gasteiger partial charge in [0.05, 0.1) is 17.8 Å². The van der Waals surface area contributed by atoms with E-state index in [9.17, 15) is 4.79 Å². The number of para-hydroxylation sites is 2. The number of anilines is 1. The molecule has 0 aromatic heterocycles. The Morgan fingerprint density at radius 1 is 1.14 bits per heavy atom. The van der Waals surface area contributed by atoms with E-state index in [2.05, 4.69) is 5.32 Å². The number of methoxy groups -OCH3 is 1. The van der Waals surface area contributed by atoms with Crippen LogP contribution in [0.15, 0.2) is 42.5 Å². The predicted molar refractivity (Wildman–Crippen MR) is 88.2 cm³/mol. The molecule has 0 aliphatic rings. The van der Waals surface area contributed by atoms with Crippen molar-refractivity contribution in [2.24, 2.45) is 0 Å². The molecule has 0 heterocycles. The number of nitrogens with one attached hydrogen (secondary N) is 1. The number of hydrogen-bond acceptors (Lipinski definition) is 3. The highest BCUT2D eigenvalue weighted by Gasteiger charge is 2.17. The Kier molecular flexibility index (Phi) is 5.52. The monoisotopic (exact) mass is 339 g/mol. The van der Waals surface area contributed by atoms with Crippen molar-refractivity contribution in [2.75, 3.05) is 12.4 Å². The van der Waals surface area contributed by atoms with Crippen LogP contribution in [0.4, 0.5) is 5.69 Å². The van der Waals surface area contributed by atoms with E-state index in [1.54, 1.807) is 50.4 Å². The standard InChI is InChI=1S/C16H15Cl2NO3/c1-10(22-14-8-7-11(17)9-12(14)18)16(20)19-13-5-3-4-6-15(13)21-2/h3-10H,1-2H3,(H,19,20). The minimum atomic E-state index is -0.733. The van der Waals surface area contributed by atoms with E-state index in [1.807, 2.05) is 6.07 Å². The van der Waals surface area contributed by atoms with Gasteiger partial charge in [0.15, 0.2) is 6.10 Å². The van der Waals surface area contributed by atoms with Gasteiger partial charge < -0.3 is 14.8 Å². The zero-order chi connectivity index (χ0) is 16.1. The van der Waals surface area contributed by atoms with Gasteiger partial charge in [-0.05, 0) is 37.3 Å². The van der Waals surface area contributed by atoms with Crippen LogP contribution in [0.5, 0.6) is 11.5 Å². The van der Waals surface area contributed by atoms with Gasteiger partial charge in [0.2, 0.25) is 0 Å². The van der Waals surface area contributed by atoms with E-state index in [0.717, 1.165) is 0 Å². The number of amides is 1. The molecule has 2 aromatic rings. The average molecular weight is 340 g/mol. The molecule has 0 bridgehead atoms. The molecule has 6 heteroatoms. The lowest BCUT2D eigenvalue weighted by Gasteiger charge is -2.16. The summed E-state index contributed by atoms with van der Waals surface area (Å²) in [5.41, 5.74) is 0.577. The van der Waals surface area contributed by atoms with Crippen LogP contribution in [0.25, 0.3) is 0 Å². The first-order chi connectivity index (χ1) is 10.5. The van der Waals surface area contributed by atoms with Crippen LogP contribution in [-0.4, -0.2) is 19.1 Å². The third kappa shape index (κ3) is 4.06. The van der Waals surface area contributed by atoms with Crippen molar-refractivity contribution in [1.29, 1.82) is 0 Å². The van der Waals surface area contributed by atoms with Gasteiger partial charge >= 0.3 is 0 Å². The number of carbonyl (C=O) groups is 1. The molecule has 0 radical (unpaired) electrons. The first-order valence-electron chi connectivity index (χ1n) is 6.57. The number of rotatable bonds is 5. The molecule has 0 fully saturated rings. The van der Waals surface area contributed by atoms with E-state index >= 15 is 0 Å². The number of ether oxygens (including phenoxy) is 2. The summed E-state index contributed by atoms with van der Waals surface area (Å²) in [5.74, 6) is 0.664. The molecule has 1 N–H and O–H groups in total. The summed E-state index contributed by atoms with van der Waals surface area (Å²) < 4.78 is 10.7. The second kappa shape index (κ2) is 7.38. The molecule has 1 unspecified atom stereocenters. The lowest BCUT2D eigenvalue weighted by Crippen LogP contribution is -2.30. The summed E-state index contributed by atoms with van der Waals surface area (Å²) in [5, 5.41) is 3.61. The van der Waals surface area contributed by atoms with E-state index in [4.69, 9.17) is 32.7 Å². The van der Waals surface area contributed by atoms with Gasteiger partial charge in [-0.3, -0.25) is 4.79 Å². The first kappa shape index (κ1) is 16.5. The smallest absolute Gasteiger partial charge is 0.265 e. The summed E-state index contributed by atoms with van der Waals surface area (Å²) >= 11 is 11.8. The van der Waals surface area contributed by atoms with Crippen LogP contribution < -0.4 is 14.8 Å². The fourth-order valence-corrected chi connectivity index (χ4v) is 2.25. The normalized spacial score (nSPS) is 11.6. The fourth-order valence-electron chi connectivity index (χ4n) is 1.80. The first-order valence-corrected chi connectivity index (χ1v) is 7.32. The third-order valence-electron chi connectivity index (χ3n) is 2.93. The largest absolute Gasteiger partial charge is 0.495 e. The second-order valence-corrected chi connectivity index (χ2v) is 5.37. The lowest BCUT2D eigenvalue weighted by atomic mass is 10.2. The van der Waals surface area contributed by atoms with Crippen LogP contribution in [0.1, 0.15) is 6.92 Å². The average Bonchev–Trinajstić information content (AvgIpc) is 2.50. The highest BCUT2D eigenvalue weighted by atomic mass is 35.5. The van der Waals surface area contributed by atoms with Crippen LogP contribution in [-0.2, 0) is 4.79 Å². The zero-order valence-electron chi connectivity index (χ0n) is 12.1. The van der Waals surface area contributed by atoms with Gasteiger partial charge in [0.25, 0.3) is 5.91 Å². The molecule has 1 atom stereocenters. The topological polar surface area (TPSA) is 47.6 Å². The molecular weight excluding hydrogens is 325 g/mol. The Morgan fingerprint density at radius 2 is 1.86 bits per heavy atom. The minimum Gasteiger partial charge on any atom is -0.495 e. The molecule has 116 valence electrons. The van der Waals surface area contributed by atoms with Crippen LogP contribution >= 0.6 is 23.2 Å². The Labute approximate surface area is 138 Å². The summed E-state index contributed by atoms with van der Waals surface area (Å²) in [6.45, 7) is 1.63. The lowest BCUT2D eigenvalue weighted by molar-refractivity contribution is -0.122. The van der Waals surface area contributed by atoms with Gasteiger partial charge in [-0.2, -0.15) is 0 Å². The zero-order valence-corrected chi connectivity index (χ0v) is 13.6. The maximum Gasteiger partial charge on any atom is 0.265 e. The molecule has 2 rings (SSSR count). The molecule has 4 nitrogen and oxygen atoms in total. The van der Waals surface area contributed by atoms with Gasteiger partial charge in [0, 0.05) is 5.02 Å². The molecule has 0 saturated carbocycles. The summed E-state index contributed by atoms with van der Waals surface area (Å²) in [7, 11) is 1.54. The second-order valence-electron chi connectivity index (χ2n) is 4.52. The highest BCUT2D eigenvalue weighted by Crippen LogP contribution is 2.29. The van der Waals surface area contributed by atoms with Crippen LogP contribution in [0.3, 0.4) is 0 Å². The molecule has 1 amide bonds. The van der Waals surface area contributed by atoms with Gasteiger partial charge in [-0.1, -0.05) is 35.3 Å². The maximum absolute atomic E-state index is 12.2. The van der Waals surface area contributed by atoms with Crippen molar-refractivity contribution >= 4 is 34.8 Å². The molecule has 0 saturated heterocycles. The van der Waals surface area contributed by atoms with Crippen molar-refractivity contribution in [3.63, 3.8) is 0 Å². The SMILES string of the molecule is COc1ccccc1NC(=O)C(C)Oc1ccc(Cl)cc1Cl. The van der Waals surface area contributed by atoms with E-state index in [1.165, 1.54) is 0 Å². The van der Waals surface area contributed by atoms with Crippen molar-refractivity contribution in [1.82, 2.24) is 0 Å². The van der Waals surface area contributed by atoms with Crippen molar-refractivity contribution < 1.29 is 14.3 Å². The predicted octanol–water partition coefficient (Wildman–Crippen LogP) is 4.41. The van der Waals surface area contributed by atoms with Crippen molar-refractivity contribution in [3.05, 3.63) is 52.5 Å². The third-order valence-corrected chi connectivity index (χ3v) is 3.46. The van der Waals surface area contributed by atoms with Gasteiger partial charge in [-0.15, -0.1) is 0 Å². The Hall–Kier alpha value is -1.91.